The van der Waals surface area contributed by atoms with Crippen LogP contribution in [0.1, 0.15) is 13.8 Å². The fraction of sp³-hybridized carbons (Fsp3) is 0.600. The molecule has 0 atom stereocenters. The van der Waals surface area contributed by atoms with Gasteiger partial charge < -0.3 is 10.7 Å². The second-order valence-corrected chi connectivity index (χ2v) is 1.64. The predicted octanol–water partition coefficient (Wildman–Crippen LogP) is -0.0795. The van der Waals surface area contributed by atoms with Crippen molar-refractivity contribution in [3.63, 3.8) is 0 Å². The van der Waals surface area contributed by atoms with Crippen molar-refractivity contribution in [3.05, 3.63) is 11.4 Å². The molecule has 0 saturated heterocycles. The monoisotopic (exact) mass is 115 g/mol. The van der Waals surface area contributed by atoms with Crippen molar-refractivity contribution in [2.24, 2.45) is 5.84 Å². The van der Waals surface area contributed by atoms with Gasteiger partial charge in [0, 0.05) is 18.4 Å². The van der Waals surface area contributed by atoms with Crippen molar-refractivity contribution in [1.29, 1.82) is 0 Å². The zero-order chi connectivity index (χ0) is 6.57. The van der Waals surface area contributed by atoms with Crippen LogP contribution < -0.4 is 16.6 Å². The van der Waals surface area contributed by atoms with Gasteiger partial charge in [0.1, 0.15) is 0 Å². The van der Waals surface area contributed by atoms with Crippen LogP contribution in [-0.4, -0.2) is 7.05 Å². The van der Waals surface area contributed by atoms with Crippen LogP contribution in [0, 0.1) is 0 Å². The SMILES string of the molecule is CN/C(C)=C(/C)NN. The van der Waals surface area contributed by atoms with Crippen molar-refractivity contribution in [2.75, 3.05) is 7.05 Å². The van der Waals surface area contributed by atoms with E-state index in [1.165, 1.54) is 0 Å². The molecule has 0 bridgehead atoms. The summed E-state index contributed by atoms with van der Waals surface area (Å²) in [5.41, 5.74) is 4.56. The fourth-order valence-corrected chi connectivity index (χ4v) is 0.296. The summed E-state index contributed by atoms with van der Waals surface area (Å²) >= 11 is 0. The van der Waals surface area contributed by atoms with Crippen LogP contribution in [0.4, 0.5) is 0 Å². The van der Waals surface area contributed by atoms with Gasteiger partial charge in [-0.05, 0) is 13.8 Å². The van der Waals surface area contributed by atoms with E-state index in [0.29, 0.717) is 0 Å². The Morgan fingerprint density at radius 1 is 1.25 bits per heavy atom. The van der Waals surface area contributed by atoms with E-state index in [0.717, 1.165) is 11.4 Å². The predicted molar refractivity (Wildman–Crippen MR) is 34.8 cm³/mol. The fourth-order valence-electron chi connectivity index (χ4n) is 0.296. The molecular formula is C5H13N3. The lowest BCUT2D eigenvalue weighted by Crippen LogP contribution is -2.23. The summed E-state index contributed by atoms with van der Waals surface area (Å²) in [4.78, 5) is 0. The number of hydrazine groups is 1. The Bertz CT molecular complexity index is 83.8. The molecule has 0 heterocycles. The largest absolute Gasteiger partial charge is 0.390 e. The summed E-state index contributed by atoms with van der Waals surface area (Å²) in [6, 6.07) is 0. The minimum Gasteiger partial charge on any atom is -0.390 e. The highest BCUT2D eigenvalue weighted by Gasteiger charge is 1.86. The molecule has 0 aliphatic carbocycles. The Kier molecular flexibility index (Phi) is 3.03. The molecule has 0 aromatic carbocycles. The molecule has 3 heteroatoms. The number of nitrogens with one attached hydrogen (secondary N) is 2. The van der Waals surface area contributed by atoms with Gasteiger partial charge in [-0.2, -0.15) is 0 Å². The highest BCUT2D eigenvalue weighted by Crippen LogP contribution is 1.89. The normalized spacial score (nSPS) is 12.5. The summed E-state index contributed by atoms with van der Waals surface area (Å²) in [7, 11) is 1.86. The number of nitrogens with two attached hydrogens (primary N) is 1. The average Bonchev–Trinajstić information content (AvgIpc) is 1.84. The van der Waals surface area contributed by atoms with Crippen molar-refractivity contribution in [1.82, 2.24) is 10.7 Å². The summed E-state index contributed by atoms with van der Waals surface area (Å²) in [5.74, 6) is 5.10. The minimum atomic E-state index is 0.965. The lowest BCUT2D eigenvalue weighted by Gasteiger charge is -2.04. The van der Waals surface area contributed by atoms with E-state index in [4.69, 9.17) is 5.84 Å². The molecule has 0 amide bonds. The lowest BCUT2D eigenvalue weighted by molar-refractivity contribution is 0.825. The van der Waals surface area contributed by atoms with Gasteiger partial charge >= 0.3 is 0 Å². The first-order valence-corrected chi connectivity index (χ1v) is 2.54. The lowest BCUT2D eigenvalue weighted by atomic mass is 10.4. The molecule has 0 fully saturated rings. The van der Waals surface area contributed by atoms with E-state index < -0.39 is 0 Å². The van der Waals surface area contributed by atoms with Crippen molar-refractivity contribution in [2.45, 2.75) is 13.8 Å². The zero-order valence-electron chi connectivity index (χ0n) is 5.58. The summed E-state index contributed by atoms with van der Waals surface area (Å²) in [6.07, 6.45) is 0. The number of rotatable bonds is 2. The van der Waals surface area contributed by atoms with Gasteiger partial charge in [0.05, 0.1) is 0 Å². The Balaban J connectivity index is 3.83. The topological polar surface area (TPSA) is 50.1 Å². The third-order valence-corrected chi connectivity index (χ3v) is 1.15. The van der Waals surface area contributed by atoms with Crippen LogP contribution in [0.2, 0.25) is 0 Å². The maximum Gasteiger partial charge on any atom is 0.0414 e. The van der Waals surface area contributed by atoms with Gasteiger partial charge in [-0.15, -0.1) is 0 Å². The van der Waals surface area contributed by atoms with E-state index in [2.05, 4.69) is 10.7 Å². The molecule has 0 spiro atoms. The zero-order valence-corrected chi connectivity index (χ0v) is 5.58. The van der Waals surface area contributed by atoms with Crippen LogP contribution in [0.15, 0.2) is 11.4 Å². The Labute approximate surface area is 49.9 Å². The first-order chi connectivity index (χ1) is 3.72. The van der Waals surface area contributed by atoms with Crippen molar-refractivity contribution < 1.29 is 0 Å². The second-order valence-electron chi connectivity index (χ2n) is 1.64. The van der Waals surface area contributed by atoms with Gasteiger partial charge in [0.2, 0.25) is 0 Å². The van der Waals surface area contributed by atoms with Crippen molar-refractivity contribution in [3.8, 4) is 0 Å². The minimum absolute atomic E-state index is 0.965. The van der Waals surface area contributed by atoms with E-state index >= 15 is 0 Å². The Morgan fingerprint density at radius 3 is 1.88 bits per heavy atom. The molecule has 8 heavy (non-hydrogen) atoms. The molecule has 0 rings (SSSR count). The smallest absolute Gasteiger partial charge is 0.0414 e. The summed E-state index contributed by atoms with van der Waals surface area (Å²) < 4.78 is 0. The molecule has 3 nitrogen and oxygen atoms in total. The third kappa shape index (κ3) is 1.84. The highest BCUT2D eigenvalue weighted by molar-refractivity contribution is 5.03. The third-order valence-electron chi connectivity index (χ3n) is 1.15. The van der Waals surface area contributed by atoms with E-state index in [1.54, 1.807) is 0 Å². The first-order valence-electron chi connectivity index (χ1n) is 2.54. The second kappa shape index (κ2) is 3.32. The van der Waals surface area contributed by atoms with Gasteiger partial charge in [-0.3, -0.25) is 5.84 Å². The van der Waals surface area contributed by atoms with Crippen LogP contribution in [0.25, 0.3) is 0 Å². The van der Waals surface area contributed by atoms with E-state index in [1.807, 2.05) is 20.9 Å². The van der Waals surface area contributed by atoms with Gasteiger partial charge in [-0.1, -0.05) is 0 Å². The molecule has 0 aromatic heterocycles. The standard InChI is InChI=1S/C5H13N3/c1-4(7-3)5(2)8-6/h7-8H,6H2,1-3H3/b5-4-. The van der Waals surface area contributed by atoms with Gasteiger partial charge in [0.15, 0.2) is 0 Å². The van der Waals surface area contributed by atoms with E-state index in [-0.39, 0.29) is 0 Å². The number of hydrogen-bond donors (Lipinski definition) is 3. The van der Waals surface area contributed by atoms with Gasteiger partial charge in [-0.25, -0.2) is 0 Å². The highest BCUT2D eigenvalue weighted by atomic mass is 15.2. The quantitative estimate of drug-likeness (QED) is 0.348. The average molecular weight is 115 g/mol. The Hall–Kier alpha value is -0.700. The molecule has 0 aliphatic heterocycles. The molecule has 0 saturated carbocycles. The molecule has 0 aromatic rings. The molecule has 0 unspecified atom stereocenters. The Morgan fingerprint density at radius 2 is 1.75 bits per heavy atom. The molecular weight excluding hydrogens is 102 g/mol. The van der Waals surface area contributed by atoms with Crippen LogP contribution in [-0.2, 0) is 0 Å². The van der Waals surface area contributed by atoms with Crippen LogP contribution in [0.5, 0.6) is 0 Å². The summed E-state index contributed by atoms with van der Waals surface area (Å²) in [5, 5.41) is 2.95. The summed E-state index contributed by atoms with van der Waals surface area (Å²) in [6.45, 7) is 3.86. The first kappa shape index (κ1) is 7.30. The molecule has 4 N–H and O–H groups in total. The number of allylic oxidation sites excluding steroid dienone is 2. The van der Waals surface area contributed by atoms with Crippen molar-refractivity contribution >= 4 is 0 Å². The maximum atomic E-state index is 5.10. The number of hydrogen-bond acceptors (Lipinski definition) is 3. The van der Waals surface area contributed by atoms with Crippen LogP contribution >= 0.6 is 0 Å². The molecule has 0 radical (unpaired) electrons. The van der Waals surface area contributed by atoms with E-state index in [9.17, 15) is 0 Å². The van der Waals surface area contributed by atoms with Crippen LogP contribution in [0.3, 0.4) is 0 Å². The molecule has 48 valence electrons. The maximum absolute atomic E-state index is 5.10. The molecule has 0 aliphatic rings. The van der Waals surface area contributed by atoms with Gasteiger partial charge in [0.25, 0.3) is 0 Å².